The number of halogens is 1. The molecule has 2 aromatic rings. The van der Waals surface area contributed by atoms with E-state index in [2.05, 4.69) is 23.8 Å². The average molecular weight is 252 g/mol. The van der Waals surface area contributed by atoms with Crippen LogP contribution in [0.2, 0.25) is 5.02 Å². The Balaban J connectivity index is 2.62. The molecule has 0 amide bonds. The first kappa shape index (κ1) is 12.5. The lowest BCUT2D eigenvalue weighted by atomic mass is 9.98. The van der Waals surface area contributed by atoms with Crippen LogP contribution in [0.1, 0.15) is 26.3 Å². The molecule has 1 N–H and O–H groups in total. The normalized spacial score (nSPS) is 12.3. The molecular weight excluding hydrogens is 234 g/mol. The minimum Gasteiger partial charge on any atom is -0.390 e. The molecule has 0 atom stereocenters. The van der Waals surface area contributed by atoms with Crippen LogP contribution in [0, 0.1) is 0 Å². The predicted octanol–water partition coefficient (Wildman–Crippen LogP) is 3.63. The van der Waals surface area contributed by atoms with Crippen molar-refractivity contribution in [3.8, 4) is 0 Å². The first-order valence-corrected chi connectivity index (χ1v) is 6.29. The van der Waals surface area contributed by atoms with Crippen molar-refractivity contribution in [2.24, 2.45) is 0 Å². The Bertz CT molecular complexity index is 537. The summed E-state index contributed by atoms with van der Waals surface area (Å²) >= 11 is 6.24. The quantitative estimate of drug-likeness (QED) is 0.886. The SMILES string of the molecule is CCn1cc(CC(C)(C)O)c2cccc(Cl)c21. The molecule has 0 fully saturated rings. The van der Waals surface area contributed by atoms with Crippen molar-refractivity contribution >= 4 is 22.5 Å². The number of rotatable bonds is 3. The van der Waals surface area contributed by atoms with Crippen molar-refractivity contribution in [2.75, 3.05) is 0 Å². The van der Waals surface area contributed by atoms with Crippen molar-refractivity contribution in [1.82, 2.24) is 4.57 Å². The number of aromatic nitrogens is 1. The van der Waals surface area contributed by atoms with Gasteiger partial charge >= 0.3 is 0 Å². The molecule has 17 heavy (non-hydrogen) atoms. The smallest absolute Gasteiger partial charge is 0.0672 e. The number of aryl methyl sites for hydroxylation is 1. The molecule has 0 aliphatic carbocycles. The summed E-state index contributed by atoms with van der Waals surface area (Å²) in [6.45, 7) is 6.63. The zero-order valence-corrected chi connectivity index (χ0v) is 11.3. The van der Waals surface area contributed by atoms with Gasteiger partial charge in [0.2, 0.25) is 0 Å². The lowest BCUT2D eigenvalue weighted by Crippen LogP contribution is -2.21. The summed E-state index contributed by atoms with van der Waals surface area (Å²) in [5.41, 5.74) is 1.52. The van der Waals surface area contributed by atoms with Crippen LogP contribution in [0.25, 0.3) is 10.9 Å². The molecule has 1 heterocycles. The number of hydrogen-bond acceptors (Lipinski definition) is 1. The van der Waals surface area contributed by atoms with E-state index < -0.39 is 5.60 Å². The summed E-state index contributed by atoms with van der Waals surface area (Å²) in [6.07, 6.45) is 2.73. The largest absolute Gasteiger partial charge is 0.390 e. The van der Waals surface area contributed by atoms with Crippen LogP contribution in [-0.4, -0.2) is 15.3 Å². The van der Waals surface area contributed by atoms with E-state index in [1.54, 1.807) is 0 Å². The lowest BCUT2D eigenvalue weighted by Gasteiger charge is -2.16. The average Bonchev–Trinajstić information content (AvgIpc) is 2.56. The van der Waals surface area contributed by atoms with E-state index in [9.17, 15) is 5.11 Å². The Morgan fingerprint density at radius 3 is 2.65 bits per heavy atom. The topological polar surface area (TPSA) is 25.2 Å². The zero-order chi connectivity index (χ0) is 12.6. The van der Waals surface area contributed by atoms with Gasteiger partial charge in [-0.2, -0.15) is 0 Å². The molecule has 0 aliphatic heterocycles. The van der Waals surface area contributed by atoms with Gasteiger partial charge in [-0.1, -0.05) is 23.7 Å². The number of para-hydroxylation sites is 1. The molecule has 0 radical (unpaired) electrons. The highest BCUT2D eigenvalue weighted by Crippen LogP contribution is 2.30. The van der Waals surface area contributed by atoms with Crippen LogP contribution in [0.15, 0.2) is 24.4 Å². The highest BCUT2D eigenvalue weighted by molar-refractivity contribution is 6.35. The Hall–Kier alpha value is -0.990. The Labute approximate surface area is 107 Å². The predicted molar refractivity (Wildman–Crippen MR) is 72.6 cm³/mol. The first-order chi connectivity index (χ1) is 7.92. The van der Waals surface area contributed by atoms with Gasteiger partial charge in [0.05, 0.1) is 16.1 Å². The second-order valence-electron chi connectivity index (χ2n) is 5.07. The fourth-order valence-electron chi connectivity index (χ4n) is 2.24. The number of aliphatic hydroxyl groups is 1. The zero-order valence-electron chi connectivity index (χ0n) is 10.5. The molecule has 0 saturated heterocycles. The van der Waals surface area contributed by atoms with Crippen molar-refractivity contribution in [3.05, 3.63) is 35.0 Å². The van der Waals surface area contributed by atoms with Gasteiger partial charge in [0.1, 0.15) is 0 Å². The Kier molecular flexibility index (Phi) is 3.19. The fraction of sp³-hybridized carbons (Fsp3) is 0.429. The van der Waals surface area contributed by atoms with Gasteiger partial charge in [-0.25, -0.2) is 0 Å². The standard InChI is InChI=1S/C14H18ClNO/c1-4-16-9-10(8-14(2,3)17)11-6-5-7-12(15)13(11)16/h5-7,9,17H,4,8H2,1-3H3. The summed E-state index contributed by atoms with van der Waals surface area (Å²) < 4.78 is 2.14. The van der Waals surface area contributed by atoms with Gasteiger partial charge in [-0.3, -0.25) is 0 Å². The highest BCUT2D eigenvalue weighted by Gasteiger charge is 2.18. The van der Waals surface area contributed by atoms with E-state index >= 15 is 0 Å². The van der Waals surface area contributed by atoms with E-state index in [0.717, 1.165) is 28.0 Å². The van der Waals surface area contributed by atoms with Crippen molar-refractivity contribution in [2.45, 2.75) is 39.3 Å². The van der Waals surface area contributed by atoms with E-state index in [1.165, 1.54) is 0 Å². The van der Waals surface area contributed by atoms with Crippen molar-refractivity contribution < 1.29 is 5.11 Å². The Morgan fingerprint density at radius 2 is 2.06 bits per heavy atom. The summed E-state index contributed by atoms with van der Waals surface area (Å²) in [5.74, 6) is 0. The van der Waals surface area contributed by atoms with Gasteiger partial charge in [-0.05, 0) is 32.4 Å². The number of benzene rings is 1. The molecule has 0 bridgehead atoms. The minimum atomic E-state index is -0.699. The van der Waals surface area contributed by atoms with E-state index in [0.29, 0.717) is 6.42 Å². The third kappa shape index (κ3) is 2.48. The van der Waals surface area contributed by atoms with Crippen LogP contribution >= 0.6 is 11.6 Å². The second kappa shape index (κ2) is 4.35. The second-order valence-corrected chi connectivity index (χ2v) is 5.47. The van der Waals surface area contributed by atoms with Gasteiger partial charge in [0.15, 0.2) is 0 Å². The third-order valence-corrected chi connectivity index (χ3v) is 3.20. The maximum Gasteiger partial charge on any atom is 0.0672 e. The van der Waals surface area contributed by atoms with E-state index in [-0.39, 0.29) is 0 Å². The van der Waals surface area contributed by atoms with Gasteiger partial charge in [0.25, 0.3) is 0 Å². The molecular formula is C14H18ClNO. The summed E-state index contributed by atoms with van der Waals surface area (Å²) in [7, 11) is 0. The van der Waals surface area contributed by atoms with Crippen LogP contribution in [-0.2, 0) is 13.0 Å². The van der Waals surface area contributed by atoms with E-state index in [4.69, 9.17) is 11.6 Å². The molecule has 1 aromatic heterocycles. The van der Waals surface area contributed by atoms with Crippen LogP contribution in [0.4, 0.5) is 0 Å². The van der Waals surface area contributed by atoms with Gasteiger partial charge < -0.3 is 9.67 Å². The molecule has 92 valence electrons. The first-order valence-electron chi connectivity index (χ1n) is 5.91. The maximum atomic E-state index is 9.94. The fourth-order valence-corrected chi connectivity index (χ4v) is 2.53. The van der Waals surface area contributed by atoms with E-state index in [1.807, 2.05) is 26.0 Å². The number of fused-ring (bicyclic) bond motifs is 1. The molecule has 2 rings (SSSR count). The summed E-state index contributed by atoms with van der Waals surface area (Å²) in [5, 5.41) is 11.8. The molecule has 1 aromatic carbocycles. The van der Waals surface area contributed by atoms with Crippen LogP contribution < -0.4 is 0 Å². The minimum absolute atomic E-state index is 0.636. The summed E-state index contributed by atoms with van der Waals surface area (Å²) in [6, 6.07) is 5.93. The highest BCUT2D eigenvalue weighted by atomic mass is 35.5. The number of nitrogens with zero attached hydrogens (tertiary/aromatic N) is 1. The molecule has 3 heteroatoms. The van der Waals surface area contributed by atoms with Crippen molar-refractivity contribution in [1.29, 1.82) is 0 Å². The molecule has 0 saturated carbocycles. The van der Waals surface area contributed by atoms with Gasteiger partial charge in [0, 0.05) is 24.5 Å². The molecule has 0 spiro atoms. The molecule has 0 unspecified atom stereocenters. The number of hydrogen-bond donors (Lipinski definition) is 1. The van der Waals surface area contributed by atoms with Crippen molar-refractivity contribution in [3.63, 3.8) is 0 Å². The monoisotopic (exact) mass is 251 g/mol. The van der Waals surface area contributed by atoms with Crippen LogP contribution in [0.5, 0.6) is 0 Å². The Morgan fingerprint density at radius 1 is 1.35 bits per heavy atom. The molecule has 2 nitrogen and oxygen atoms in total. The van der Waals surface area contributed by atoms with Gasteiger partial charge in [-0.15, -0.1) is 0 Å². The van der Waals surface area contributed by atoms with Crippen LogP contribution in [0.3, 0.4) is 0 Å². The maximum absolute atomic E-state index is 9.94. The molecule has 0 aliphatic rings. The lowest BCUT2D eigenvalue weighted by molar-refractivity contribution is 0.0813. The summed E-state index contributed by atoms with van der Waals surface area (Å²) in [4.78, 5) is 0. The third-order valence-electron chi connectivity index (χ3n) is 2.90.